The third-order valence-electron chi connectivity index (χ3n) is 6.81. The number of hydrogen-bond donors (Lipinski definition) is 0. The van der Waals surface area contributed by atoms with Crippen molar-refractivity contribution in [1.29, 1.82) is 0 Å². The van der Waals surface area contributed by atoms with Gasteiger partial charge in [-0.25, -0.2) is 9.13 Å². The van der Waals surface area contributed by atoms with E-state index in [4.69, 9.17) is 0 Å². The minimum atomic E-state index is 0.524. The Balaban J connectivity index is 1.83. The largest absolute Gasteiger partial charge is 0.271 e. The summed E-state index contributed by atoms with van der Waals surface area (Å²) in [6.45, 7) is 16.6. The smallest absolute Gasteiger partial charge is 0.242 e. The van der Waals surface area contributed by atoms with Crippen molar-refractivity contribution in [2.45, 2.75) is 79.2 Å². The van der Waals surface area contributed by atoms with Gasteiger partial charge in [0.2, 0.25) is 0 Å². The van der Waals surface area contributed by atoms with E-state index in [9.17, 15) is 0 Å². The van der Waals surface area contributed by atoms with Crippen LogP contribution in [-0.2, 0) is 0 Å². The SMILES string of the molecule is CC1C([B]c2n(C(C)C)cc[n+]2C(C)C)CC2CC1C2(C)C. The molecule has 3 saturated carbocycles. The lowest BCUT2D eigenvalue weighted by Crippen LogP contribution is -2.59. The number of imidazole rings is 1. The molecular formula is C19H33BN2+. The first-order valence-corrected chi connectivity index (χ1v) is 9.20. The molecule has 3 aliphatic carbocycles. The highest BCUT2D eigenvalue weighted by Gasteiger charge is 2.56. The Morgan fingerprint density at radius 2 is 1.91 bits per heavy atom. The van der Waals surface area contributed by atoms with Crippen LogP contribution in [0.3, 0.4) is 0 Å². The molecule has 1 radical (unpaired) electrons. The van der Waals surface area contributed by atoms with E-state index in [1.54, 1.807) is 0 Å². The summed E-state index contributed by atoms with van der Waals surface area (Å²) in [5, 5.41) is 0. The van der Waals surface area contributed by atoms with Crippen LogP contribution in [0, 0.1) is 23.2 Å². The first-order chi connectivity index (χ1) is 10.2. The first-order valence-electron chi connectivity index (χ1n) is 9.20. The summed E-state index contributed by atoms with van der Waals surface area (Å²) in [6.07, 6.45) is 7.36. The van der Waals surface area contributed by atoms with Gasteiger partial charge < -0.3 is 0 Å². The van der Waals surface area contributed by atoms with E-state index in [-0.39, 0.29) is 0 Å². The van der Waals surface area contributed by atoms with Gasteiger partial charge in [0, 0.05) is 0 Å². The van der Waals surface area contributed by atoms with E-state index in [2.05, 4.69) is 77.3 Å². The van der Waals surface area contributed by atoms with Gasteiger partial charge in [0.25, 0.3) is 7.28 Å². The van der Waals surface area contributed by atoms with Crippen molar-refractivity contribution >= 4 is 13.0 Å². The van der Waals surface area contributed by atoms with Gasteiger partial charge in [0.15, 0.2) is 5.72 Å². The topological polar surface area (TPSA) is 8.81 Å². The Labute approximate surface area is 137 Å². The van der Waals surface area contributed by atoms with Crippen LogP contribution < -0.4 is 10.3 Å². The van der Waals surface area contributed by atoms with Crippen molar-refractivity contribution in [2.24, 2.45) is 23.2 Å². The summed E-state index contributed by atoms with van der Waals surface area (Å²) in [4.78, 5) is 0. The van der Waals surface area contributed by atoms with Gasteiger partial charge >= 0.3 is 0 Å². The zero-order valence-electron chi connectivity index (χ0n) is 15.5. The predicted octanol–water partition coefficient (Wildman–Crippen LogP) is 3.76. The van der Waals surface area contributed by atoms with Crippen LogP contribution in [0.1, 0.15) is 73.4 Å². The van der Waals surface area contributed by atoms with Crippen molar-refractivity contribution in [1.82, 2.24) is 4.57 Å². The maximum Gasteiger partial charge on any atom is 0.271 e. The molecule has 1 aromatic rings. The average Bonchev–Trinajstić information content (AvgIpc) is 2.84. The number of fused-ring (bicyclic) bond motifs is 2. The van der Waals surface area contributed by atoms with Gasteiger partial charge in [-0.2, -0.15) is 0 Å². The summed E-state index contributed by atoms with van der Waals surface area (Å²) in [5.74, 6) is 3.41. The Morgan fingerprint density at radius 1 is 1.23 bits per heavy atom. The molecule has 4 unspecified atom stereocenters. The Kier molecular flexibility index (Phi) is 3.98. The van der Waals surface area contributed by atoms with Crippen LogP contribution >= 0.6 is 0 Å². The third kappa shape index (κ3) is 2.36. The second-order valence-corrected chi connectivity index (χ2v) is 8.94. The maximum absolute atomic E-state index is 2.60. The molecule has 1 heterocycles. The fourth-order valence-electron chi connectivity index (χ4n) is 5.08. The van der Waals surface area contributed by atoms with Crippen LogP contribution in [0.15, 0.2) is 12.4 Å². The fraction of sp³-hybridized carbons (Fsp3) is 0.842. The second-order valence-electron chi connectivity index (χ2n) is 8.94. The summed E-state index contributed by atoms with van der Waals surface area (Å²) in [6, 6.07) is 1.05. The highest BCUT2D eigenvalue weighted by molar-refractivity contribution is 6.52. The molecule has 0 spiro atoms. The standard InChI is InChI=1S/C19H33BN2/c1-12(2)21-8-9-22(13(3)4)18(21)20-17-11-15-10-16(14(17)5)19(15,6)7/h8-9,12-17H,10-11H2,1-7H3/q+1. The number of hydrogen-bond acceptors (Lipinski definition) is 0. The van der Waals surface area contributed by atoms with Gasteiger partial charge in [-0.05, 0) is 57.3 Å². The lowest BCUT2D eigenvalue weighted by atomic mass is 9.37. The fourth-order valence-corrected chi connectivity index (χ4v) is 5.08. The number of aromatic nitrogens is 2. The monoisotopic (exact) mass is 300 g/mol. The lowest BCUT2D eigenvalue weighted by Gasteiger charge is -2.62. The molecule has 0 amide bonds. The lowest BCUT2D eigenvalue weighted by molar-refractivity contribution is -0.699. The molecule has 3 heteroatoms. The van der Waals surface area contributed by atoms with E-state index < -0.39 is 0 Å². The van der Waals surface area contributed by atoms with Crippen molar-refractivity contribution in [3.8, 4) is 0 Å². The molecule has 4 atom stereocenters. The highest BCUT2D eigenvalue weighted by Crippen LogP contribution is 2.64. The van der Waals surface area contributed by atoms with Gasteiger partial charge in [0.1, 0.15) is 12.4 Å². The Bertz CT molecular complexity index is 518. The molecule has 22 heavy (non-hydrogen) atoms. The van der Waals surface area contributed by atoms with E-state index in [1.807, 2.05) is 0 Å². The molecule has 2 nitrogen and oxygen atoms in total. The van der Waals surface area contributed by atoms with Gasteiger partial charge in [-0.15, -0.1) is 0 Å². The van der Waals surface area contributed by atoms with E-state index in [1.165, 1.54) is 18.6 Å². The van der Waals surface area contributed by atoms with Crippen molar-refractivity contribution in [2.75, 3.05) is 0 Å². The van der Waals surface area contributed by atoms with Crippen LogP contribution in [-0.4, -0.2) is 11.8 Å². The average molecular weight is 300 g/mol. The number of rotatable bonds is 4. The zero-order valence-corrected chi connectivity index (χ0v) is 15.5. The molecule has 4 rings (SSSR count). The Morgan fingerprint density at radius 3 is 2.41 bits per heavy atom. The minimum absolute atomic E-state index is 0.524. The first kappa shape index (κ1) is 16.1. The van der Waals surface area contributed by atoms with Crippen LogP contribution in [0.4, 0.5) is 0 Å². The third-order valence-corrected chi connectivity index (χ3v) is 6.81. The molecule has 0 aromatic carbocycles. The van der Waals surface area contributed by atoms with E-state index in [0.29, 0.717) is 17.5 Å². The normalized spacial score (nSPS) is 33.1. The molecular weight excluding hydrogens is 267 g/mol. The van der Waals surface area contributed by atoms with Gasteiger partial charge in [-0.1, -0.05) is 33.0 Å². The number of nitrogens with zero attached hydrogens (tertiary/aromatic N) is 2. The molecule has 3 aliphatic rings. The van der Waals surface area contributed by atoms with E-state index in [0.717, 1.165) is 23.6 Å². The summed E-state index contributed by atoms with van der Waals surface area (Å²) in [7, 11) is 2.60. The predicted molar refractivity (Wildman–Crippen MR) is 93.7 cm³/mol. The van der Waals surface area contributed by atoms with Crippen LogP contribution in [0.5, 0.6) is 0 Å². The summed E-state index contributed by atoms with van der Waals surface area (Å²) >= 11 is 0. The molecule has 3 fully saturated rings. The molecule has 2 bridgehead atoms. The van der Waals surface area contributed by atoms with Gasteiger partial charge in [-0.3, -0.25) is 0 Å². The van der Waals surface area contributed by atoms with Crippen LogP contribution in [0.2, 0.25) is 5.82 Å². The van der Waals surface area contributed by atoms with Crippen molar-refractivity contribution < 1.29 is 4.57 Å². The zero-order chi connectivity index (χ0) is 16.2. The minimum Gasteiger partial charge on any atom is -0.242 e. The summed E-state index contributed by atoms with van der Waals surface area (Å²) < 4.78 is 4.89. The molecule has 121 valence electrons. The highest BCUT2D eigenvalue weighted by atomic mass is 15.2. The summed E-state index contributed by atoms with van der Waals surface area (Å²) in [5.41, 5.74) is 2.00. The maximum atomic E-state index is 2.60. The van der Waals surface area contributed by atoms with E-state index >= 15 is 0 Å². The second kappa shape index (κ2) is 5.42. The van der Waals surface area contributed by atoms with Crippen molar-refractivity contribution in [3.63, 3.8) is 0 Å². The van der Waals surface area contributed by atoms with Crippen LogP contribution in [0.25, 0.3) is 0 Å². The molecule has 0 N–H and O–H groups in total. The van der Waals surface area contributed by atoms with Gasteiger partial charge in [0.05, 0.1) is 12.1 Å². The quantitative estimate of drug-likeness (QED) is 0.591. The van der Waals surface area contributed by atoms with Crippen molar-refractivity contribution in [3.05, 3.63) is 12.4 Å². The molecule has 0 aliphatic heterocycles. The molecule has 0 saturated heterocycles. The Hall–Kier alpha value is -0.725. The molecule has 1 aromatic heterocycles.